The first-order chi connectivity index (χ1) is 15.7. The molecule has 0 spiro atoms. The van der Waals surface area contributed by atoms with E-state index in [4.69, 9.17) is 9.97 Å². The van der Waals surface area contributed by atoms with Gasteiger partial charge in [-0.25, -0.2) is 15.0 Å². The molecule has 8 heteroatoms. The average molecular weight is 442 g/mol. The molecule has 0 aliphatic carbocycles. The van der Waals surface area contributed by atoms with Crippen LogP contribution in [0.5, 0.6) is 0 Å². The molecule has 0 saturated carbocycles. The summed E-state index contributed by atoms with van der Waals surface area (Å²) in [5.41, 5.74) is 7.48. The predicted molar refractivity (Wildman–Crippen MR) is 125 cm³/mol. The molecule has 0 saturated heterocycles. The van der Waals surface area contributed by atoms with E-state index in [2.05, 4.69) is 66.6 Å². The van der Waals surface area contributed by atoms with Gasteiger partial charge in [0.25, 0.3) is 0 Å². The molecule has 6 rings (SSSR count). The van der Waals surface area contributed by atoms with Crippen molar-refractivity contribution in [2.45, 2.75) is 33.5 Å². The van der Waals surface area contributed by atoms with Crippen LogP contribution >= 0.6 is 11.3 Å². The van der Waals surface area contributed by atoms with E-state index < -0.39 is 0 Å². The van der Waals surface area contributed by atoms with E-state index in [1.165, 1.54) is 11.4 Å². The van der Waals surface area contributed by atoms with Gasteiger partial charge in [0, 0.05) is 49.5 Å². The first-order valence-electron chi connectivity index (χ1n) is 10.7. The van der Waals surface area contributed by atoms with Crippen molar-refractivity contribution in [2.24, 2.45) is 0 Å². The molecule has 0 atom stereocenters. The van der Waals surface area contributed by atoms with E-state index in [0.29, 0.717) is 0 Å². The molecule has 0 amide bonds. The van der Waals surface area contributed by atoms with Gasteiger partial charge in [-0.05, 0) is 13.8 Å². The van der Waals surface area contributed by atoms with Gasteiger partial charge in [0.2, 0.25) is 0 Å². The second-order valence-corrected chi connectivity index (χ2v) is 9.07. The Bertz CT molecular complexity index is 1400. The Morgan fingerprint density at radius 2 is 1.88 bits per heavy atom. The highest BCUT2D eigenvalue weighted by Gasteiger charge is 2.27. The Labute approximate surface area is 190 Å². The lowest BCUT2D eigenvalue weighted by atomic mass is 10.1. The third-order valence-corrected chi connectivity index (χ3v) is 6.83. The van der Waals surface area contributed by atoms with Crippen LogP contribution in [0.4, 0.5) is 0 Å². The Balaban J connectivity index is 1.40. The van der Waals surface area contributed by atoms with Gasteiger partial charge in [-0.15, -0.1) is 11.3 Å². The summed E-state index contributed by atoms with van der Waals surface area (Å²) in [7, 11) is 0. The summed E-state index contributed by atoms with van der Waals surface area (Å²) in [6.07, 6.45) is 5.75. The highest BCUT2D eigenvalue weighted by atomic mass is 32.1. The normalized spacial score (nSPS) is 14.2. The van der Waals surface area contributed by atoms with E-state index in [9.17, 15) is 0 Å². The molecule has 0 radical (unpaired) electrons. The Kier molecular flexibility index (Phi) is 4.62. The number of aryl methyl sites for hydroxylation is 2. The highest BCUT2D eigenvalue weighted by Crippen LogP contribution is 2.32. The molecular weight excluding hydrogens is 418 g/mol. The lowest BCUT2D eigenvalue weighted by Gasteiger charge is -2.29. The quantitative estimate of drug-likeness (QED) is 0.415. The zero-order chi connectivity index (χ0) is 21.7. The lowest BCUT2D eigenvalue weighted by Crippen LogP contribution is -2.34. The van der Waals surface area contributed by atoms with E-state index >= 15 is 0 Å². The molecule has 0 fully saturated rings. The number of aromatic nitrogens is 6. The summed E-state index contributed by atoms with van der Waals surface area (Å²) in [6, 6.07) is 10.4. The first kappa shape index (κ1) is 19.3. The molecule has 5 heterocycles. The van der Waals surface area contributed by atoms with Gasteiger partial charge in [0.15, 0.2) is 10.8 Å². The van der Waals surface area contributed by atoms with Crippen LogP contribution < -0.4 is 0 Å². The van der Waals surface area contributed by atoms with Gasteiger partial charge in [0.1, 0.15) is 5.69 Å². The van der Waals surface area contributed by atoms with E-state index in [0.717, 1.165) is 65.3 Å². The number of hydrogen-bond donors (Lipinski definition) is 0. The maximum absolute atomic E-state index is 5.07. The molecule has 32 heavy (non-hydrogen) atoms. The zero-order valence-electron chi connectivity index (χ0n) is 18.1. The van der Waals surface area contributed by atoms with Crippen molar-refractivity contribution in [3.63, 3.8) is 0 Å². The van der Waals surface area contributed by atoms with Crippen molar-refractivity contribution in [1.29, 1.82) is 0 Å². The summed E-state index contributed by atoms with van der Waals surface area (Å²) < 4.78 is 4.54. The fraction of sp³-hybridized carbons (Fsp3) is 0.250. The smallest absolute Gasteiger partial charge is 0.194 e. The minimum Gasteiger partial charge on any atom is -0.324 e. The van der Waals surface area contributed by atoms with Crippen LogP contribution in [-0.2, 0) is 19.6 Å². The number of fused-ring (bicyclic) bond motifs is 2. The Morgan fingerprint density at radius 3 is 2.69 bits per heavy atom. The van der Waals surface area contributed by atoms with Crippen LogP contribution in [0.3, 0.4) is 0 Å². The number of imidazole rings is 2. The molecule has 1 aliphatic rings. The maximum atomic E-state index is 5.07. The molecule has 5 aromatic rings. The van der Waals surface area contributed by atoms with Crippen LogP contribution in [0.25, 0.3) is 27.7 Å². The SMILES string of the molecule is Cc1cnc(-c2nc(-c3ccccc3)c3n2CCN(Cc2c(C)nc4sccn24)C3)cn1. The van der Waals surface area contributed by atoms with Gasteiger partial charge < -0.3 is 4.57 Å². The third kappa shape index (κ3) is 3.23. The molecule has 0 unspecified atom stereocenters. The monoisotopic (exact) mass is 441 g/mol. The lowest BCUT2D eigenvalue weighted by molar-refractivity contribution is 0.211. The van der Waals surface area contributed by atoms with Gasteiger partial charge in [-0.3, -0.25) is 14.3 Å². The third-order valence-electron chi connectivity index (χ3n) is 6.08. The molecule has 1 aliphatic heterocycles. The number of thiazole rings is 1. The van der Waals surface area contributed by atoms with Crippen molar-refractivity contribution in [3.05, 3.63) is 77.1 Å². The largest absolute Gasteiger partial charge is 0.324 e. The minimum atomic E-state index is 0.819. The number of benzene rings is 1. The van der Waals surface area contributed by atoms with Crippen LogP contribution in [0, 0.1) is 13.8 Å². The molecule has 0 bridgehead atoms. The van der Waals surface area contributed by atoms with Crippen LogP contribution in [0.2, 0.25) is 0 Å². The van der Waals surface area contributed by atoms with Crippen LogP contribution in [0.15, 0.2) is 54.3 Å². The Hall–Kier alpha value is -3.36. The molecule has 0 N–H and O–H groups in total. The summed E-state index contributed by atoms with van der Waals surface area (Å²) >= 11 is 1.68. The minimum absolute atomic E-state index is 0.819. The second-order valence-electron chi connectivity index (χ2n) is 8.20. The topological polar surface area (TPSA) is 64.1 Å². The standard InChI is InChI=1S/C24H23N7S/c1-16-12-26-19(13-25-16)23-28-22(18-6-4-3-5-7-18)21-15-29(8-9-30(21)23)14-20-17(2)27-24-31(20)10-11-32-24/h3-7,10-13H,8-9,14-15H2,1-2H3. The van der Waals surface area contributed by atoms with E-state index in [1.54, 1.807) is 11.3 Å². The number of nitrogens with zero attached hydrogens (tertiary/aromatic N) is 7. The molecule has 160 valence electrons. The second kappa shape index (κ2) is 7.65. The fourth-order valence-electron chi connectivity index (χ4n) is 4.43. The van der Waals surface area contributed by atoms with Crippen molar-refractivity contribution >= 4 is 16.3 Å². The number of hydrogen-bond acceptors (Lipinski definition) is 6. The van der Waals surface area contributed by atoms with Gasteiger partial charge >= 0.3 is 0 Å². The van der Waals surface area contributed by atoms with Gasteiger partial charge in [-0.1, -0.05) is 30.3 Å². The molecular formula is C24H23N7S. The Morgan fingerprint density at radius 1 is 1.00 bits per heavy atom. The summed E-state index contributed by atoms with van der Waals surface area (Å²) in [4.78, 5) is 22.4. The van der Waals surface area contributed by atoms with Crippen LogP contribution in [-0.4, -0.2) is 40.3 Å². The van der Waals surface area contributed by atoms with Crippen molar-refractivity contribution < 1.29 is 0 Å². The summed E-state index contributed by atoms with van der Waals surface area (Å²) in [5, 5.41) is 2.10. The van der Waals surface area contributed by atoms with E-state index in [-0.39, 0.29) is 0 Å². The summed E-state index contributed by atoms with van der Waals surface area (Å²) in [5.74, 6) is 0.895. The fourth-order valence-corrected chi connectivity index (χ4v) is 5.21. The van der Waals surface area contributed by atoms with Gasteiger partial charge in [-0.2, -0.15) is 0 Å². The van der Waals surface area contributed by atoms with Gasteiger partial charge in [0.05, 0.1) is 34.7 Å². The number of rotatable bonds is 4. The average Bonchev–Trinajstić information content (AvgIpc) is 3.50. The van der Waals surface area contributed by atoms with Crippen LogP contribution in [0.1, 0.15) is 22.8 Å². The molecule has 1 aromatic carbocycles. The summed E-state index contributed by atoms with van der Waals surface area (Å²) in [6.45, 7) is 7.56. The first-order valence-corrected chi connectivity index (χ1v) is 11.6. The molecule has 7 nitrogen and oxygen atoms in total. The van der Waals surface area contributed by atoms with Crippen molar-refractivity contribution in [1.82, 2.24) is 33.8 Å². The molecule has 4 aromatic heterocycles. The van der Waals surface area contributed by atoms with Crippen molar-refractivity contribution in [2.75, 3.05) is 6.54 Å². The maximum Gasteiger partial charge on any atom is 0.194 e. The predicted octanol–water partition coefficient (Wildman–Crippen LogP) is 4.35. The zero-order valence-corrected chi connectivity index (χ0v) is 18.9. The highest BCUT2D eigenvalue weighted by molar-refractivity contribution is 7.15. The van der Waals surface area contributed by atoms with Crippen molar-refractivity contribution in [3.8, 4) is 22.8 Å². The van der Waals surface area contributed by atoms with E-state index in [1.807, 2.05) is 25.4 Å².